The van der Waals surface area contributed by atoms with E-state index in [-0.39, 0.29) is 5.91 Å². The second-order valence-corrected chi connectivity index (χ2v) is 4.29. The third-order valence-electron chi connectivity index (χ3n) is 2.78. The number of unbranched alkanes of at least 4 members (excludes halogenated alkanes) is 7. The van der Waals surface area contributed by atoms with Gasteiger partial charge in [-0.3, -0.25) is 4.79 Å². The zero-order chi connectivity index (χ0) is 12.2. The van der Waals surface area contributed by atoms with Crippen LogP contribution in [-0.4, -0.2) is 12.6 Å². The van der Waals surface area contributed by atoms with Crippen LogP contribution < -0.4 is 0 Å². The molecule has 0 atom stereocenters. The van der Waals surface area contributed by atoms with Gasteiger partial charge in [0.25, 0.3) is 5.91 Å². The SMILES string of the molecule is C=NC(=O)C(=C)CCCCCCCCCC. The van der Waals surface area contributed by atoms with Gasteiger partial charge in [0.2, 0.25) is 0 Å². The minimum absolute atomic E-state index is 0.247. The van der Waals surface area contributed by atoms with E-state index >= 15 is 0 Å². The first-order valence-electron chi connectivity index (χ1n) is 6.41. The van der Waals surface area contributed by atoms with E-state index in [0.717, 1.165) is 12.8 Å². The zero-order valence-corrected chi connectivity index (χ0v) is 10.6. The molecule has 16 heavy (non-hydrogen) atoms. The van der Waals surface area contributed by atoms with Crippen LogP contribution in [0.25, 0.3) is 0 Å². The summed E-state index contributed by atoms with van der Waals surface area (Å²) in [5.74, 6) is -0.247. The molecule has 0 aromatic rings. The molecule has 1 amide bonds. The minimum atomic E-state index is -0.247. The van der Waals surface area contributed by atoms with Crippen LogP contribution in [0.1, 0.15) is 64.7 Å². The molecule has 0 fully saturated rings. The molecule has 0 heterocycles. The van der Waals surface area contributed by atoms with Gasteiger partial charge in [0.05, 0.1) is 0 Å². The summed E-state index contributed by atoms with van der Waals surface area (Å²) < 4.78 is 0. The first kappa shape index (κ1) is 15.1. The summed E-state index contributed by atoms with van der Waals surface area (Å²) in [6.07, 6.45) is 11.0. The molecule has 0 rings (SSSR count). The number of rotatable bonds is 10. The van der Waals surface area contributed by atoms with Crippen molar-refractivity contribution in [1.29, 1.82) is 0 Å². The first-order chi connectivity index (χ1) is 7.72. The molecule has 2 heteroatoms. The highest BCUT2D eigenvalue weighted by Crippen LogP contribution is 2.12. The molecule has 0 aromatic heterocycles. The lowest BCUT2D eigenvalue weighted by atomic mass is 10.0. The largest absolute Gasteiger partial charge is 0.271 e. The topological polar surface area (TPSA) is 29.4 Å². The predicted octanol–water partition coefficient (Wildman–Crippen LogP) is 4.30. The van der Waals surface area contributed by atoms with Gasteiger partial charge in [0.1, 0.15) is 0 Å². The van der Waals surface area contributed by atoms with Crippen molar-refractivity contribution >= 4 is 12.6 Å². The number of carbonyl (C=O) groups excluding carboxylic acids is 1. The van der Waals surface area contributed by atoms with Gasteiger partial charge < -0.3 is 0 Å². The monoisotopic (exact) mass is 223 g/mol. The summed E-state index contributed by atoms with van der Waals surface area (Å²) >= 11 is 0. The number of aliphatic imine (C=N–C) groups is 1. The van der Waals surface area contributed by atoms with Crippen LogP contribution in [0.3, 0.4) is 0 Å². The van der Waals surface area contributed by atoms with Gasteiger partial charge in [-0.1, -0.05) is 58.4 Å². The lowest BCUT2D eigenvalue weighted by molar-refractivity contribution is -0.114. The second-order valence-electron chi connectivity index (χ2n) is 4.29. The van der Waals surface area contributed by atoms with E-state index in [1.165, 1.54) is 44.9 Å². The lowest BCUT2D eigenvalue weighted by Gasteiger charge is -2.02. The Labute approximate surface area is 99.9 Å². The van der Waals surface area contributed by atoms with Crippen LogP contribution in [0.5, 0.6) is 0 Å². The normalized spacial score (nSPS) is 10.1. The summed E-state index contributed by atoms with van der Waals surface area (Å²) in [5.41, 5.74) is 0.598. The third kappa shape index (κ3) is 8.39. The van der Waals surface area contributed by atoms with E-state index in [1.54, 1.807) is 0 Å². The minimum Gasteiger partial charge on any atom is -0.267 e. The summed E-state index contributed by atoms with van der Waals surface area (Å²) in [5, 5.41) is 0. The first-order valence-corrected chi connectivity index (χ1v) is 6.41. The van der Waals surface area contributed by atoms with Crippen molar-refractivity contribution in [3.63, 3.8) is 0 Å². The van der Waals surface area contributed by atoms with Crippen molar-refractivity contribution in [3.05, 3.63) is 12.2 Å². The van der Waals surface area contributed by atoms with E-state index in [1.807, 2.05) is 0 Å². The number of hydrogen-bond donors (Lipinski definition) is 0. The Bertz CT molecular complexity index is 221. The van der Waals surface area contributed by atoms with Crippen LogP contribution in [0.15, 0.2) is 17.1 Å². The summed E-state index contributed by atoms with van der Waals surface area (Å²) in [6.45, 7) is 9.14. The molecule has 0 saturated carbocycles. The average molecular weight is 223 g/mol. The molecule has 0 radical (unpaired) electrons. The molecule has 92 valence electrons. The third-order valence-corrected chi connectivity index (χ3v) is 2.78. The maximum absolute atomic E-state index is 11.0. The zero-order valence-electron chi connectivity index (χ0n) is 10.6. The number of hydrogen-bond acceptors (Lipinski definition) is 1. The maximum Gasteiger partial charge on any atom is 0.271 e. The fourth-order valence-corrected chi connectivity index (χ4v) is 1.69. The van der Waals surface area contributed by atoms with Gasteiger partial charge in [0, 0.05) is 5.57 Å². The van der Waals surface area contributed by atoms with Gasteiger partial charge in [-0.25, -0.2) is 4.99 Å². The Morgan fingerprint density at radius 2 is 1.50 bits per heavy atom. The summed E-state index contributed by atoms with van der Waals surface area (Å²) in [6, 6.07) is 0. The molecule has 0 unspecified atom stereocenters. The van der Waals surface area contributed by atoms with E-state index < -0.39 is 0 Å². The maximum atomic E-state index is 11.0. The fourth-order valence-electron chi connectivity index (χ4n) is 1.69. The Balaban J connectivity index is 3.24. The summed E-state index contributed by atoms with van der Waals surface area (Å²) in [4.78, 5) is 14.4. The second kappa shape index (κ2) is 10.6. The van der Waals surface area contributed by atoms with Crippen molar-refractivity contribution < 1.29 is 4.79 Å². The smallest absolute Gasteiger partial charge is 0.267 e. The number of nitrogens with zero attached hydrogens (tertiary/aromatic N) is 1. The molecule has 0 spiro atoms. The van der Waals surface area contributed by atoms with E-state index in [2.05, 4.69) is 25.2 Å². The van der Waals surface area contributed by atoms with Crippen LogP contribution in [0.2, 0.25) is 0 Å². The highest BCUT2D eigenvalue weighted by atomic mass is 16.1. The molecule has 0 aromatic carbocycles. The molecule has 2 nitrogen and oxygen atoms in total. The average Bonchev–Trinajstić information content (AvgIpc) is 2.31. The highest BCUT2D eigenvalue weighted by molar-refractivity contribution is 5.95. The van der Waals surface area contributed by atoms with Crippen LogP contribution in [0.4, 0.5) is 0 Å². The van der Waals surface area contributed by atoms with Gasteiger partial charge in [-0.05, 0) is 19.6 Å². The molecule has 0 N–H and O–H groups in total. The molecular weight excluding hydrogens is 198 g/mol. The van der Waals surface area contributed by atoms with Crippen molar-refractivity contribution in [3.8, 4) is 0 Å². The van der Waals surface area contributed by atoms with Crippen molar-refractivity contribution in [2.45, 2.75) is 64.7 Å². The highest BCUT2D eigenvalue weighted by Gasteiger charge is 2.02. The molecule has 0 saturated heterocycles. The predicted molar refractivity (Wildman–Crippen MR) is 70.9 cm³/mol. The number of amides is 1. The van der Waals surface area contributed by atoms with Gasteiger partial charge in [-0.2, -0.15) is 0 Å². The van der Waals surface area contributed by atoms with E-state index in [0.29, 0.717) is 5.57 Å². The lowest BCUT2D eigenvalue weighted by Crippen LogP contribution is -1.96. The Kier molecular flexibility index (Phi) is 9.98. The van der Waals surface area contributed by atoms with Crippen LogP contribution in [0, 0.1) is 0 Å². The molecule has 0 aliphatic carbocycles. The van der Waals surface area contributed by atoms with Gasteiger partial charge in [0.15, 0.2) is 0 Å². The van der Waals surface area contributed by atoms with E-state index in [4.69, 9.17) is 0 Å². The van der Waals surface area contributed by atoms with Crippen molar-refractivity contribution in [2.75, 3.05) is 0 Å². The molecular formula is C14H25NO. The Hall–Kier alpha value is -0.920. The standard InChI is InChI=1S/C14H25NO/c1-4-5-6-7-8-9-10-11-12-13(2)14(16)15-3/h2-12H2,1H3. The molecule has 0 aliphatic rings. The number of carbonyl (C=O) groups is 1. The molecule has 0 aliphatic heterocycles. The van der Waals surface area contributed by atoms with Crippen molar-refractivity contribution in [2.24, 2.45) is 4.99 Å². The Morgan fingerprint density at radius 3 is 2.00 bits per heavy atom. The van der Waals surface area contributed by atoms with Crippen LogP contribution >= 0.6 is 0 Å². The quantitative estimate of drug-likeness (QED) is 0.308. The fraction of sp³-hybridized carbons (Fsp3) is 0.714. The van der Waals surface area contributed by atoms with E-state index in [9.17, 15) is 4.79 Å². The van der Waals surface area contributed by atoms with Gasteiger partial charge in [-0.15, -0.1) is 0 Å². The van der Waals surface area contributed by atoms with Gasteiger partial charge >= 0.3 is 0 Å². The van der Waals surface area contributed by atoms with Crippen molar-refractivity contribution in [1.82, 2.24) is 0 Å². The van der Waals surface area contributed by atoms with Crippen LogP contribution in [-0.2, 0) is 4.79 Å². The summed E-state index contributed by atoms with van der Waals surface area (Å²) in [7, 11) is 0. The molecule has 0 bridgehead atoms. The Morgan fingerprint density at radius 1 is 1.00 bits per heavy atom.